The SMILES string of the molecule is C=CCOC(=O)[C@@H]1C2C(=O)[C@@H](NC(=O)[C@H](NC(=O)OC(C)(C)C)c3ccccc3)[C@H]2SC1(C)C. The molecule has 1 heterocycles. The van der Waals surface area contributed by atoms with Crippen LogP contribution < -0.4 is 10.6 Å². The molecule has 0 aromatic heterocycles. The highest BCUT2D eigenvalue weighted by Crippen LogP contribution is 2.58. The molecular weight excluding hydrogens is 456 g/mol. The molecule has 3 rings (SSSR count). The van der Waals surface area contributed by atoms with E-state index in [4.69, 9.17) is 9.47 Å². The van der Waals surface area contributed by atoms with Gasteiger partial charge in [0.05, 0.1) is 5.92 Å². The number of fused-ring (bicyclic) bond motifs is 1. The number of amides is 2. The van der Waals surface area contributed by atoms with Crippen molar-refractivity contribution in [3.63, 3.8) is 0 Å². The van der Waals surface area contributed by atoms with Crippen molar-refractivity contribution in [1.82, 2.24) is 10.6 Å². The van der Waals surface area contributed by atoms with Crippen molar-refractivity contribution in [2.45, 2.75) is 62.3 Å². The van der Waals surface area contributed by atoms with Gasteiger partial charge in [0.15, 0.2) is 5.78 Å². The fourth-order valence-corrected chi connectivity index (χ4v) is 6.26. The topological polar surface area (TPSA) is 111 Å². The fourth-order valence-electron chi connectivity index (χ4n) is 4.39. The van der Waals surface area contributed by atoms with Gasteiger partial charge in [-0.25, -0.2) is 4.79 Å². The highest BCUT2D eigenvalue weighted by Gasteiger charge is 2.66. The van der Waals surface area contributed by atoms with Gasteiger partial charge in [-0.05, 0) is 40.2 Å². The number of hydrogen-bond donors (Lipinski definition) is 2. The molecule has 0 spiro atoms. The molecule has 1 aliphatic heterocycles. The molecule has 2 amide bonds. The number of carbonyl (C=O) groups is 4. The second-order valence-electron chi connectivity index (χ2n) is 9.99. The number of ketones is 1. The maximum atomic E-state index is 13.3. The number of ether oxygens (including phenoxy) is 2. The Kier molecular flexibility index (Phi) is 7.45. The van der Waals surface area contributed by atoms with Crippen LogP contribution in [-0.2, 0) is 23.9 Å². The third-order valence-corrected chi connectivity index (χ3v) is 7.52. The van der Waals surface area contributed by atoms with E-state index in [1.54, 1.807) is 51.1 Å². The predicted molar refractivity (Wildman–Crippen MR) is 129 cm³/mol. The lowest BCUT2D eigenvalue weighted by molar-refractivity contribution is -0.155. The highest BCUT2D eigenvalue weighted by molar-refractivity contribution is 8.01. The summed E-state index contributed by atoms with van der Waals surface area (Å²) in [5.41, 5.74) is -0.181. The maximum Gasteiger partial charge on any atom is 0.408 e. The average Bonchev–Trinajstić information content (AvgIpc) is 3.01. The lowest BCUT2D eigenvalue weighted by Crippen LogP contribution is -2.64. The minimum Gasteiger partial charge on any atom is -0.461 e. The Morgan fingerprint density at radius 2 is 1.85 bits per heavy atom. The summed E-state index contributed by atoms with van der Waals surface area (Å²) in [7, 11) is 0. The van der Waals surface area contributed by atoms with E-state index < -0.39 is 52.2 Å². The van der Waals surface area contributed by atoms with Crippen molar-refractivity contribution in [3.8, 4) is 0 Å². The zero-order chi connectivity index (χ0) is 25.3. The molecule has 1 aromatic rings. The number of benzene rings is 1. The first-order valence-corrected chi connectivity index (χ1v) is 12.1. The third kappa shape index (κ3) is 5.46. The van der Waals surface area contributed by atoms with Crippen LogP contribution in [0.25, 0.3) is 0 Å². The Morgan fingerprint density at radius 3 is 2.44 bits per heavy atom. The Morgan fingerprint density at radius 1 is 1.21 bits per heavy atom. The largest absolute Gasteiger partial charge is 0.461 e. The van der Waals surface area contributed by atoms with E-state index in [-0.39, 0.29) is 17.6 Å². The van der Waals surface area contributed by atoms with E-state index in [9.17, 15) is 19.2 Å². The standard InChI is InChI=1S/C25H32N2O6S/c1-7-13-32-22(30)16-15-19(28)18(20(15)34-25(16,5)6)26-21(29)17(14-11-9-8-10-12-14)27-23(31)33-24(2,3)4/h7-12,15-18,20H,1,13H2,2-6H3,(H,26,29)(H,27,31)/t15?,16-,17+,18+,20-/m0/s1. The summed E-state index contributed by atoms with van der Waals surface area (Å²) in [6, 6.07) is 6.94. The number of alkyl carbamates (subject to hydrolysis) is 1. The van der Waals surface area contributed by atoms with Crippen molar-refractivity contribution in [2.75, 3.05) is 6.61 Å². The zero-order valence-corrected chi connectivity index (χ0v) is 20.9. The number of rotatable bonds is 7. The summed E-state index contributed by atoms with van der Waals surface area (Å²) < 4.78 is 10.0. The Balaban J connectivity index is 1.75. The molecule has 184 valence electrons. The Labute approximate surface area is 204 Å². The quantitative estimate of drug-likeness (QED) is 0.448. The normalized spacial score (nSPS) is 25.9. The number of nitrogens with one attached hydrogen (secondary N) is 2. The average molecular weight is 489 g/mol. The van der Waals surface area contributed by atoms with E-state index in [0.717, 1.165) is 0 Å². The number of thioether (sulfide) groups is 1. The zero-order valence-electron chi connectivity index (χ0n) is 20.1. The molecule has 1 saturated carbocycles. The number of esters is 1. The number of carbonyl (C=O) groups excluding carboxylic acids is 4. The van der Waals surface area contributed by atoms with Crippen LogP contribution >= 0.6 is 11.8 Å². The monoisotopic (exact) mass is 488 g/mol. The minimum atomic E-state index is -1.05. The van der Waals surface area contributed by atoms with Gasteiger partial charge in [0.1, 0.15) is 24.3 Å². The molecule has 5 atom stereocenters. The van der Waals surface area contributed by atoms with Gasteiger partial charge in [0.25, 0.3) is 0 Å². The van der Waals surface area contributed by atoms with Gasteiger partial charge in [0.2, 0.25) is 5.91 Å². The van der Waals surface area contributed by atoms with E-state index in [2.05, 4.69) is 17.2 Å². The first kappa shape index (κ1) is 25.8. The predicted octanol–water partition coefficient (Wildman–Crippen LogP) is 3.18. The van der Waals surface area contributed by atoms with E-state index in [1.165, 1.54) is 17.8 Å². The van der Waals surface area contributed by atoms with Gasteiger partial charge in [-0.2, -0.15) is 0 Å². The number of hydrogen-bond acceptors (Lipinski definition) is 7. The first-order valence-electron chi connectivity index (χ1n) is 11.2. The molecule has 9 heteroatoms. The maximum absolute atomic E-state index is 13.3. The van der Waals surface area contributed by atoms with Gasteiger partial charge in [0, 0.05) is 15.9 Å². The highest BCUT2D eigenvalue weighted by atomic mass is 32.2. The fraction of sp³-hybridized carbons (Fsp3) is 0.520. The molecular formula is C25H32N2O6S. The summed E-state index contributed by atoms with van der Waals surface area (Å²) in [5, 5.41) is 5.15. The van der Waals surface area contributed by atoms with Crippen molar-refractivity contribution >= 4 is 35.5 Å². The van der Waals surface area contributed by atoms with Crippen molar-refractivity contribution in [2.24, 2.45) is 11.8 Å². The molecule has 2 aliphatic rings. The Bertz CT molecular complexity index is 971. The molecule has 1 aromatic carbocycles. The van der Waals surface area contributed by atoms with Crippen molar-refractivity contribution < 1.29 is 28.7 Å². The molecule has 0 bridgehead atoms. The summed E-state index contributed by atoms with van der Waals surface area (Å²) >= 11 is 1.50. The smallest absolute Gasteiger partial charge is 0.408 e. The van der Waals surface area contributed by atoms with Crippen molar-refractivity contribution in [1.29, 1.82) is 0 Å². The molecule has 1 unspecified atom stereocenters. The molecule has 1 aliphatic carbocycles. The molecule has 8 nitrogen and oxygen atoms in total. The molecule has 2 N–H and O–H groups in total. The van der Waals surface area contributed by atoms with Crippen molar-refractivity contribution in [3.05, 3.63) is 48.6 Å². The van der Waals surface area contributed by atoms with Gasteiger partial charge in [-0.15, -0.1) is 11.8 Å². The Hall–Kier alpha value is -2.81. The van der Waals surface area contributed by atoms with E-state index >= 15 is 0 Å². The van der Waals surface area contributed by atoms with Crippen LogP contribution in [0.1, 0.15) is 46.2 Å². The van der Waals surface area contributed by atoms with E-state index in [1.807, 2.05) is 13.8 Å². The van der Waals surface area contributed by atoms with Gasteiger partial charge in [-0.3, -0.25) is 14.4 Å². The van der Waals surface area contributed by atoms with Crippen LogP contribution in [0.15, 0.2) is 43.0 Å². The molecule has 2 fully saturated rings. The van der Waals surface area contributed by atoms with Gasteiger partial charge in [-0.1, -0.05) is 43.0 Å². The van der Waals surface area contributed by atoms with Crippen LogP contribution in [-0.4, -0.2) is 52.0 Å². The van der Waals surface area contributed by atoms with Gasteiger partial charge >= 0.3 is 12.1 Å². The van der Waals surface area contributed by atoms with E-state index in [0.29, 0.717) is 5.56 Å². The summed E-state index contributed by atoms with van der Waals surface area (Å²) in [5.74, 6) is -2.30. The van der Waals surface area contributed by atoms with Crippen LogP contribution in [0.3, 0.4) is 0 Å². The van der Waals surface area contributed by atoms with Crippen LogP contribution in [0, 0.1) is 11.8 Å². The summed E-state index contributed by atoms with van der Waals surface area (Å²) in [6.45, 7) is 12.6. The van der Waals surface area contributed by atoms with Crippen LogP contribution in [0.2, 0.25) is 0 Å². The van der Waals surface area contributed by atoms with Crippen LogP contribution in [0.4, 0.5) is 4.79 Å². The minimum absolute atomic E-state index is 0.0803. The number of Topliss-reactive ketones (excluding diaryl/α,β-unsaturated/α-hetero) is 1. The third-order valence-electron chi connectivity index (χ3n) is 5.82. The lowest BCUT2D eigenvalue weighted by Gasteiger charge is -2.40. The summed E-state index contributed by atoms with van der Waals surface area (Å²) in [6.07, 6.45) is 0.744. The summed E-state index contributed by atoms with van der Waals surface area (Å²) in [4.78, 5) is 51.3. The molecule has 0 radical (unpaired) electrons. The molecule has 34 heavy (non-hydrogen) atoms. The lowest BCUT2D eigenvalue weighted by atomic mass is 9.67. The second kappa shape index (κ2) is 9.82. The first-order chi connectivity index (χ1) is 15.9. The second-order valence-corrected chi connectivity index (χ2v) is 11.8. The van der Waals surface area contributed by atoms with Gasteiger partial charge < -0.3 is 20.1 Å². The molecule has 1 saturated heterocycles. The van der Waals surface area contributed by atoms with Crippen LogP contribution in [0.5, 0.6) is 0 Å².